The number of pyridine rings is 1. The molecule has 2 atom stereocenters. The number of fused-ring (bicyclic) bond motifs is 1. The lowest BCUT2D eigenvalue weighted by Gasteiger charge is -2.30. The molecule has 1 N–H and O–H groups in total. The molecule has 28 heavy (non-hydrogen) atoms. The maximum Gasteiger partial charge on any atom is 0.123 e. The lowest BCUT2D eigenvalue weighted by Crippen LogP contribution is -2.34. The number of rotatable bonds is 3. The predicted octanol–water partition coefficient (Wildman–Crippen LogP) is 4.04. The van der Waals surface area contributed by atoms with E-state index >= 15 is 0 Å². The molecule has 1 saturated heterocycles. The van der Waals surface area contributed by atoms with Crippen molar-refractivity contribution in [2.75, 3.05) is 13.1 Å². The Hall–Kier alpha value is -2.76. The highest BCUT2D eigenvalue weighted by molar-refractivity contribution is 5.82. The second-order valence-corrected chi connectivity index (χ2v) is 7.57. The first kappa shape index (κ1) is 17.3. The summed E-state index contributed by atoms with van der Waals surface area (Å²) in [5, 5.41) is 10.0. The van der Waals surface area contributed by atoms with Crippen molar-refractivity contribution in [2.24, 2.45) is 0 Å². The molecule has 5 heteroatoms. The van der Waals surface area contributed by atoms with Gasteiger partial charge in [-0.25, -0.2) is 4.39 Å². The van der Waals surface area contributed by atoms with E-state index in [1.165, 1.54) is 17.8 Å². The van der Waals surface area contributed by atoms with E-state index in [1.807, 2.05) is 30.3 Å². The van der Waals surface area contributed by atoms with Gasteiger partial charge in [-0.1, -0.05) is 12.1 Å². The summed E-state index contributed by atoms with van der Waals surface area (Å²) in [5.41, 5.74) is 5.13. The summed E-state index contributed by atoms with van der Waals surface area (Å²) in [5.74, 6) is -0.242. The fourth-order valence-electron chi connectivity index (χ4n) is 4.44. The summed E-state index contributed by atoms with van der Waals surface area (Å²) < 4.78 is 15.7. The number of halogens is 1. The fraction of sp³-hybridized carbons (Fsp3) is 0.261. The lowest BCUT2D eigenvalue weighted by molar-refractivity contribution is 0.179. The molecule has 2 aliphatic rings. The smallest absolute Gasteiger partial charge is 0.123 e. The van der Waals surface area contributed by atoms with E-state index in [2.05, 4.69) is 32.8 Å². The van der Waals surface area contributed by atoms with Crippen LogP contribution in [0.4, 0.5) is 4.39 Å². The molecule has 1 fully saturated rings. The largest absolute Gasteiger partial charge is 0.392 e. The van der Waals surface area contributed by atoms with E-state index in [4.69, 9.17) is 0 Å². The molecule has 142 valence electrons. The van der Waals surface area contributed by atoms with Gasteiger partial charge in [-0.15, -0.1) is 0 Å². The van der Waals surface area contributed by atoms with Crippen molar-refractivity contribution in [3.05, 3.63) is 72.8 Å². The second-order valence-electron chi connectivity index (χ2n) is 7.57. The molecule has 0 amide bonds. The summed E-state index contributed by atoms with van der Waals surface area (Å²) >= 11 is 0. The van der Waals surface area contributed by atoms with Gasteiger partial charge in [0.25, 0.3) is 0 Å². The third-order valence-corrected chi connectivity index (χ3v) is 5.77. The van der Waals surface area contributed by atoms with E-state index in [0.29, 0.717) is 6.04 Å². The highest BCUT2D eigenvalue weighted by atomic mass is 19.1. The van der Waals surface area contributed by atoms with Gasteiger partial charge >= 0.3 is 0 Å². The van der Waals surface area contributed by atoms with Crippen LogP contribution in [0.15, 0.2) is 67.0 Å². The van der Waals surface area contributed by atoms with Crippen molar-refractivity contribution in [3.63, 3.8) is 0 Å². The van der Waals surface area contributed by atoms with Crippen LogP contribution >= 0.6 is 0 Å². The van der Waals surface area contributed by atoms with Gasteiger partial charge in [-0.3, -0.25) is 9.88 Å². The summed E-state index contributed by atoms with van der Waals surface area (Å²) in [7, 11) is 0. The average molecular weight is 375 g/mol. The quantitative estimate of drug-likeness (QED) is 0.751. The molecule has 5 rings (SSSR count). The van der Waals surface area contributed by atoms with Crippen LogP contribution in [-0.4, -0.2) is 44.8 Å². The third-order valence-electron chi connectivity index (χ3n) is 5.77. The van der Waals surface area contributed by atoms with E-state index < -0.39 is 0 Å². The molecule has 0 aliphatic carbocycles. The predicted molar refractivity (Wildman–Crippen MR) is 108 cm³/mol. The van der Waals surface area contributed by atoms with Crippen LogP contribution in [0.25, 0.3) is 28.2 Å². The van der Waals surface area contributed by atoms with Crippen molar-refractivity contribution in [1.82, 2.24) is 14.5 Å². The highest BCUT2D eigenvalue weighted by Gasteiger charge is 2.34. The minimum Gasteiger partial charge on any atom is -0.392 e. The van der Waals surface area contributed by atoms with Gasteiger partial charge in [0.15, 0.2) is 0 Å². The SMILES string of the molecule is O[C@@H]1C[C@@H]2CC(n3ccc(-c4ccccn4)c3-c3ccc(F)cc3)=CCN2C1. The minimum atomic E-state index is -0.242. The molecular formula is C23H22FN3O. The molecule has 0 radical (unpaired) electrons. The Bertz CT molecular complexity index is 1010. The lowest BCUT2D eigenvalue weighted by atomic mass is 10.0. The van der Waals surface area contributed by atoms with E-state index in [9.17, 15) is 9.50 Å². The van der Waals surface area contributed by atoms with Crippen molar-refractivity contribution in [2.45, 2.75) is 25.0 Å². The van der Waals surface area contributed by atoms with Crippen molar-refractivity contribution < 1.29 is 9.50 Å². The Labute approximate surface area is 163 Å². The zero-order valence-corrected chi connectivity index (χ0v) is 15.5. The summed E-state index contributed by atoms with van der Waals surface area (Å²) in [6, 6.07) is 15.0. The first-order chi connectivity index (χ1) is 13.7. The van der Waals surface area contributed by atoms with Crippen LogP contribution in [0.3, 0.4) is 0 Å². The zero-order chi connectivity index (χ0) is 19.1. The number of aliphatic hydroxyl groups excluding tert-OH is 1. The van der Waals surface area contributed by atoms with Crippen LogP contribution in [0.1, 0.15) is 12.8 Å². The number of hydrogen-bond donors (Lipinski definition) is 1. The fourth-order valence-corrected chi connectivity index (χ4v) is 4.44. The Kier molecular flexibility index (Phi) is 4.34. The van der Waals surface area contributed by atoms with E-state index in [1.54, 1.807) is 6.20 Å². The van der Waals surface area contributed by atoms with Gasteiger partial charge in [-0.2, -0.15) is 0 Å². The van der Waals surface area contributed by atoms with Crippen LogP contribution < -0.4 is 0 Å². The third kappa shape index (κ3) is 3.07. The molecule has 4 nitrogen and oxygen atoms in total. The standard InChI is InChI=1S/C23H22FN3O/c24-17-6-4-16(5-7-17)23-21(22-3-1-2-10-25-22)9-12-27(23)18-8-11-26-15-20(28)14-19(26)13-18/h1-10,12,19-20,28H,11,13-15H2/t19-,20+/m0/s1. The molecule has 0 unspecified atom stereocenters. The summed E-state index contributed by atoms with van der Waals surface area (Å²) in [4.78, 5) is 6.87. The van der Waals surface area contributed by atoms with Crippen molar-refractivity contribution in [3.8, 4) is 22.5 Å². The van der Waals surface area contributed by atoms with E-state index in [0.717, 1.165) is 48.4 Å². The first-order valence-electron chi connectivity index (χ1n) is 9.69. The van der Waals surface area contributed by atoms with Gasteiger partial charge in [-0.05, 0) is 54.4 Å². The molecular weight excluding hydrogens is 353 g/mol. The molecule has 3 aromatic rings. The molecule has 1 aromatic carbocycles. The van der Waals surface area contributed by atoms with Gasteiger partial charge in [0.1, 0.15) is 5.82 Å². The topological polar surface area (TPSA) is 41.3 Å². The molecule has 0 spiro atoms. The highest BCUT2D eigenvalue weighted by Crippen LogP contribution is 2.37. The van der Waals surface area contributed by atoms with Crippen molar-refractivity contribution >= 4 is 5.70 Å². The summed E-state index contributed by atoms with van der Waals surface area (Å²) in [6.45, 7) is 1.60. The maximum atomic E-state index is 13.5. The number of benzene rings is 1. The normalized spacial score (nSPS) is 22.1. The first-order valence-corrected chi connectivity index (χ1v) is 9.69. The molecule has 4 heterocycles. The summed E-state index contributed by atoms with van der Waals surface area (Å²) in [6.07, 6.45) is 7.58. The Balaban J connectivity index is 1.61. The van der Waals surface area contributed by atoms with Crippen LogP contribution in [0.5, 0.6) is 0 Å². The molecule has 2 aliphatic heterocycles. The van der Waals surface area contributed by atoms with Crippen LogP contribution in [0, 0.1) is 5.82 Å². The van der Waals surface area contributed by atoms with Gasteiger partial charge in [0.05, 0.1) is 17.5 Å². The molecule has 0 saturated carbocycles. The Morgan fingerprint density at radius 2 is 1.93 bits per heavy atom. The van der Waals surface area contributed by atoms with Gasteiger partial charge < -0.3 is 9.67 Å². The van der Waals surface area contributed by atoms with Gasteiger partial charge in [0, 0.05) is 49.2 Å². The minimum absolute atomic E-state index is 0.233. The monoisotopic (exact) mass is 375 g/mol. The average Bonchev–Trinajstić information content (AvgIpc) is 3.31. The Morgan fingerprint density at radius 1 is 1.07 bits per heavy atom. The Morgan fingerprint density at radius 3 is 2.71 bits per heavy atom. The second kappa shape index (κ2) is 7.00. The zero-order valence-electron chi connectivity index (χ0n) is 15.5. The van der Waals surface area contributed by atoms with E-state index in [-0.39, 0.29) is 11.9 Å². The molecule has 0 bridgehead atoms. The number of aromatic nitrogens is 2. The molecule has 2 aromatic heterocycles. The van der Waals surface area contributed by atoms with Gasteiger partial charge in [0.2, 0.25) is 0 Å². The van der Waals surface area contributed by atoms with Crippen molar-refractivity contribution in [1.29, 1.82) is 0 Å². The maximum absolute atomic E-state index is 13.5. The number of aliphatic hydroxyl groups is 1. The van der Waals surface area contributed by atoms with Crippen LogP contribution in [0.2, 0.25) is 0 Å². The number of nitrogens with zero attached hydrogens (tertiary/aromatic N) is 3. The number of hydrogen-bond acceptors (Lipinski definition) is 3. The van der Waals surface area contributed by atoms with Crippen LogP contribution in [-0.2, 0) is 0 Å².